The Kier molecular flexibility index (Phi) is 6.89. The normalized spacial score (nSPS) is 22.7. The zero-order valence-corrected chi connectivity index (χ0v) is 14.9. The maximum Gasteiger partial charge on any atom is 0.193 e. The summed E-state index contributed by atoms with van der Waals surface area (Å²) in [5, 5.41) is 3.46. The first-order chi connectivity index (χ1) is 11.1. The lowest BCUT2D eigenvalue weighted by molar-refractivity contribution is 0.0775. The Balaban J connectivity index is 1.84. The Morgan fingerprint density at radius 2 is 2.30 bits per heavy atom. The fourth-order valence-corrected chi connectivity index (χ4v) is 3.02. The minimum atomic E-state index is 0.300. The molecule has 0 bridgehead atoms. The molecule has 0 saturated carbocycles. The van der Waals surface area contributed by atoms with Crippen molar-refractivity contribution < 1.29 is 4.74 Å². The molecular formula is C17H31N5O. The van der Waals surface area contributed by atoms with Crippen LogP contribution in [-0.2, 0) is 4.74 Å². The quantitative estimate of drug-likeness (QED) is 0.495. The second kappa shape index (κ2) is 8.91. The van der Waals surface area contributed by atoms with Crippen LogP contribution in [0.3, 0.4) is 0 Å². The van der Waals surface area contributed by atoms with Gasteiger partial charge in [0.05, 0.1) is 18.5 Å². The zero-order chi connectivity index (χ0) is 16.7. The molecule has 2 heterocycles. The molecule has 1 aromatic rings. The van der Waals surface area contributed by atoms with E-state index in [1.54, 1.807) is 0 Å². The van der Waals surface area contributed by atoms with Crippen LogP contribution in [0.4, 0.5) is 0 Å². The van der Waals surface area contributed by atoms with Crippen molar-refractivity contribution in [2.75, 3.05) is 33.3 Å². The highest BCUT2D eigenvalue weighted by Gasteiger charge is 2.28. The highest BCUT2D eigenvalue weighted by atomic mass is 16.5. The van der Waals surface area contributed by atoms with Crippen LogP contribution in [0.25, 0.3) is 0 Å². The van der Waals surface area contributed by atoms with E-state index in [-0.39, 0.29) is 0 Å². The highest BCUT2D eigenvalue weighted by Crippen LogP contribution is 2.27. The van der Waals surface area contributed by atoms with Crippen LogP contribution in [0.5, 0.6) is 0 Å². The summed E-state index contributed by atoms with van der Waals surface area (Å²) in [5.74, 6) is 1.64. The smallest absolute Gasteiger partial charge is 0.193 e. The average Bonchev–Trinajstić information content (AvgIpc) is 3.05. The lowest BCUT2D eigenvalue weighted by atomic mass is 9.93. The summed E-state index contributed by atoms with van der Waals surface area (Å²) in [5.41, 5.74) is 0. The van der Waals surface area contributed by atoms with Crippen LogP contribution in [-0.4, -0.2) is 59.8 Å². The number of nitrogens with one attached hydrogen (secondary N) is 1. The largest absolute Gasteiger partial charge is 0.379 e. The van der Waals surface area contributed by atoms with E-state index in [0.29, 0.717) is 18.1 Å². The molecule has 2 unspecified atom stereocenters. The average molecular weight is 321 g/mol. The first-order valence-corrected chi connectivity index (χ1v) is 8.66. The molecular weight excluding hydrogens is 290 g/mol. The number of aromatic nitrogens is 2. The minimum Gasteiger partial charge on any atom is -0.379 e. The van der Waals surface area contributed by atoms with Crippen molar-refractivity contribution in [2.45, 2.75) is 45.8 Å². The van der Waals surface area contributed by atoms with Crippen LogP contribution >= 0.6 is 0 Å². The van der Waals surface area contributed by atoms with E-state index in [2.05, 4.69) is 51.7 Å². The summed E-state index contributed by atoms with van der Waals surface area (Å²) >= 11 is 0. The van der Waals surface area contributed by atoms with Gasteiger partial charge in [-0.25, -0.2) is 4.98 Å². The van der Waals surface area contributed by atoms with E-state index in [1.807, 2.05) is 19.6 Å². The molecule has 0 aromatic carbocycles. The van der Waals surface area contributed by atoms with Gasteiger partial charge in [-0.1, -0.05) is 6.92 Å². The van der Waals surface area contributed by atoms with E-state index in [4.69, 9.17) is 4.74 Å². The third-order valence-corrected chi connectivity index (χ3v) is 4.39. The maximum absolute atomic E-state index is 5.58. The standard InChI is InChI=1S/C17H31N5O/c1-14(2)23-11-5-7-20-17(18-4)21-9-6-15(3)16(12-21)22-10-8-19-13-22/h8,10,13-16H,5-7,9,11-12H2,1-4H3,(H,18,20). The molecule has 6 heteroatoms. The van der Waals surface area contributed by atoms with Crippen LogP contribution in [0.15, 0.2) is 23.7 Å². The van der Waals surface area contributed by atoms with Crippen LogP contribution in [0, 0.1) is 5.92 Å². The molecule has 2 atom stereocenters. The van der Waals surface area contributed by atoms with Gasteiger partial charge in [0, 0.05) is 45.7 Å². The predicted molar refractivity (Wildman–Crippen MR) is 93.7 cm³/mol. The Hall–Kier alpha value is -1.56. The number of nitrogens with zero attached hydrogens (tertiary/aromatic N) is 4. The van der Waals surface area contributed by atoms with Gasteiger partial charge in [-0.05, 0) is 32.6 Å². The second-order valence-electron chi connectivity index (χ2n) is 6.54. The van der Waals surface area contributed by atoms with Crippen molar-refractivity contribution in [3.05, 3.63) is 18.7 Å². The number of piperidine rings is 1. The molecule has 1 fully saturated rings. The molecule has 0 radical (unpaired) electrons. The summed E-state index contributed by atoms with van der Waals surface area (Å²) < 4.78 is 7.80. The van der Waals surface area contributed by atoms with E-state index in [9.17, 15) is 0 Å². The molecule has 1 N–H and O–H groups in total. The number of hydrogen-bond acceptors (Lipinski definition) is 3. The Labute approximate surface area is 139 Å². The van der Waals surface area contributed by atoms with Gasteiger partial charge in [-0.2, -0.15) is 0 Å². The van der Waals surface area contributed by atoms with Gasteiger partial charge in [0.1, 0.15) is 0 Å². The molecule has 1 aromatic heterocycles. The van der Waals surface area contributed by atoms with Crippen molar-refractivity contribution >= 4 is 5.96 Å². The molecule has 1 saturated heterocycles. The molecule has 2 rings (SSSR count). The lowest BCUT2D eigenvalue weighted by Gasteiger charge is -2.39. The third-order valence-electron chi connectivity index (χ3n) is 4.39. The first kappa shape index (κ1) is 17.8. The molecule has 1 aliphatic rings. The maximum atomic E-state index is 5.58. The molecule has 0 amide bonds. The van der Waals surface area contributed by atoms with Gasteiger partial charge in [0.2, 0.25) is 0 Å². The van der Waals surface area contributed by atoms with Crippen LogP contribution in [0.1, 0.15) is 39.7 Å². The number of guanidine groups is 1. The number of imidazole rings is 1. The van der Waals surface area contributed by atoms with Crippen molar-refractivity contribution in [1.29, 1.82) is 0 Å². The molecule has 6 nitrogen and oxygen atoms in total. The van der Waals surface area contributed by atoms with E-state index < -0.39 is 0 Å². The Morgan fingerprint density at radius 1 is 1.48 bits per heavy atom. The summed E-state index contributed by atoms with van der Waals surface area (Å²) in [6.07, 6.45) is 8.29. The van der Waals surface area contributed by atoms with Crippen molar-refractivity contribution in [3.8, 4) is 0 Å². The van der Waals surface area contributed by atoms with E-state index in [0.717, 1.165) is 38.6 Å². The fourth-order valence-electron chi connectivity index (χ4n) is 3.02. The first-order valence-electron chi connectivity index (χ1n) is 8.66. The number of rotatable bonds is 6. The van der Waals surface area contributed by atoms with Crippen molar-refractivity contribution in [2.24, 2.45) is 10.9 Å². The monoisotopic (exact) mass is 321 g/mol. The summed E-state index contributed by atoms with van der Waals surface area (Å²) in [6, 6.07) is 0.453. The molecule has 23 heavy (non-hydrogen) atoms. The van der Waals surface area contributed by atoms with Crippen LogP contribution < -0.4 is 5.32 Å². The van der Waals surface area contributed by atoms with Gasteiger partial charge in [0.25, 0.3) is 0 Å². The summed E-state index contributed by atoms with van der Waals surface area (Å²) in [4.78, 5) is 11.0. The van der Waals surface area contributed by atoms with E-state index >= 15 is 0 Å². The Morgan fingerprint density at radius 3 is 2.96 bits per heavy atom. The summed E-state index contributed by atoms with van der Waals surface area (Å²) in [7, 11) is 1.86. The number of likely N-dealkylation sites (tertiary alicyclic amines) is 1. The third kappa shape index (κ3) is 5.23. The number of ether oxygens (including phenoxy) is 1. The summed E-state index contributed by atoms with van der Waals surface area (Å²) in [6.45, 7) is 10.2. The van der Waals surface area contributed by atoms with Crippen LogP contribution in [0.2, 0.25) is 0 Å². The Bertz CT molecular complexity index is 471. The zero-order valence-electron chi connectivity index (χ0n) is 14.9. The van der Waals surface area contributed by atoms with E-state index in [1.165, 1.54) is 6.42 Å². The highest BCUT2D eigenvalue weighted by molar-refractivity contribution is 5.80. The fraction of sp³-hybridized carbons (Fsp3) is 0.765. The van der Waals surface area contributed by atoms with Gasteiger partial charge in [-0.3, -0.25) is 4.99 Å². The number of hydrogen-bond donors (Lipinski definition) is 1. The molecule has 1 aliphatic heterocycles. The topological polar surface area (TPSA) is 54.7 Å². The van der Waals surface area contributed by atoms with Gasteiger partial charge in [-0.15, -0.1) is 0 Å². The lowest BCUT2D eigenvalue weighted by Crippen LogP contribution is -2.49. The van der Waals surface area contributed by atoms with Gasteiger partial charge in [0.15, 0.2) is 5.96 Å². The predicted octanol–water partition coefficient (Wildman–Crippen LogP) is 2.16. The molecule has 0 aliphatic carbocycles. The SMILES string of the molecule is CN=C(NCCCOC(C)C)N1CCC(C)C(n2ccnc2)C1. The van der Waals surface area contributed by atoms with Crippen molar-refractivity contribution in [3.63, 3.8) is 0 Å². The second-order valence-corrected chi connectivity index (χ2v) is 6.54. The van der Waals surface area contributed by atoms with Gasteiger partial charge >= 0.3 is 0 Å². The van der Waals surface area contributed by atoms with Crippen molar-refractivity contribution in [1.82, 2.24) is 19.8 Å². The molecule has 0 spiro atoms. The van der Waals surface area contributed by atoms with Gasteiger partial charge < -0.3 is 19.5 Å². The minimum absolute atomic E-state index is 0.300. The number of aliphatic imine (C=N–C) groups is 1. The molecule has 130 valence electrons.